The van der Waals surface area contributed by atoms with E-state index in [0.29, 0.717) is 18.6 Å². The molecule has 4 fully saturated rings. The van der Waals surface area contributed by atoms with Crippen LogP contribution in [0.1, 0.15) is 92.7 Å². The lowest BCUT2D eigenvalue weighted by Crippen LogP contribution is -2.57. The number of carbonyl (C=O) groups excluding carboxylic acids is 4. The Morgan fingerprint density at radius 3 is 1.77 bits per heavy atom. The number of fused-ring (bicyclic) bond motifs is 8. The molecule has 53 heavy (non-hydrogen) atoms. The zero-order valence-corrected chi connectivity index (χ0v) is 31.6. The molecule has 0 N–H and O–H groups in total. The number of ether oxygens (including phenoxy) is 7. The molecule has 2 saturated carbocycles. The predicted molar refractivity (Wildman–Crippen MR) is 186 cm³/mol. The minimum absolute atomic E-state index is 0.0213. The minimum Gasteiger partial charge on any atom is -0.497 e. The molecule has 8 rings (SSSR count). The fourth-order valence-corrected chi connectivity index (χ4v) is 9.62. The van der Waals surface area contributed by atoms with Crippen molar-refractivity contribution in [3.8, 4) is 17.2 Å². The van der Waals surface area contributed by atoms with Gasteiger partial charge in [-0.05, 0) is 71.6 Å². The van der Waals surface area contributed by atoms with Crippen molar-refractivity contribution in [1.29, 1.82) is 0 Å². The Bertz CT molecular complexity index is 2250. The Labute approximate surface area is 305 Å². The van der Waals surface area contributed by atoms with Crippen LogP contribution >= 0.6 is 0 Å². The van der Waals surface area contributed by atoms with E-state index < -0.39 is 80.0 Å². The lowest BCUT2D eigenvalue weighted by Gasteiger charge is -2.46. The molecule has 1 aromatic heterocycles. The molecule has 3 aromatic rings. The fourth-order valence-electron chi connectivity index (χ4n) is 9.62. The molecule has 0 radical (unpaired) electrons. The molecule has 4 heterocycles. The van der Waals surface area contributed by atoms with Crippen molar-refractivity contribution in [1.82, 2.24) is 0 Å². The predicted octanol–water partition coefficient (Wildman–Crippen LogP) is 5.87. The van der Waals surface area contributed by atoms with E-state index in [9.17, 15) is 24.0 Å². The lowest BCUT2D eigenvalue weighted by atomic mass is 9.66. The highest BCUT2D eigenvalue weighted by molar-refractivity contribution is 5.98. The van der Waals surface area contributed by atoms with Gasteiger partial charge in [0.05, 0.1) is 36.0 Å². The molecule has 2 aromatic carbocycles. The van der Waals surface area contributed by atoms with Crippen molar-refractivity contribution < 1.29 is 56.8 Å². The molecule has 5 aliphatic rings. The first kappa shape index (κ1) is 35.2. The van der Waals surface area contributed by atoms with Crippen molar-refractivity contribution in [2.75, 3.05) is 14.2 Å². The molecule has 6 atom stereocenters. The van der Waals surface area contributed by atoms with Gasteiger partial charge in [0.15, 0.2) is 17.8 Å². The monoisotopic (exact) mass is 732 g/mol. The highest BCUT2D eigenvalue weighted by Crippen LogP contribution is 2.68. The van der Waals surface area contributed by atoms with Crippen LogP contribution in [0.25, 0.3) is 21.9 Å². The lowest BCUT2D eigenvalue weighted by molar-refractivity contribution is -0.217. The van der Waals surface area contributed by atoms with Crippen molar-refractivity contribution in [3.05, 3.63) is 40.1 Å². The summed E-state index contributed by atoms with van der Waals surface area (Å²) in [6.07, 6.45) is -1.61. The third kappa shape index (κ3) is 4.00. The zero-order valence-electron chi connectivity index (χ0n) is 31.6. The summed E-state index contributed by atoms with van der Waals surface area (Å²) in [6.45, 7) is 14.1. The molecular weight excluding hydrogens is 688 g/mol. The van der Waals surface area contributed by atoms with Gasteiger partial charge in [0.2, 0.25) is 16.6 Å². The van der Waals surface area contributed by atoms with Crippen molar-refractivity contribution in [3.63, 3.8) is 0 Å². The average molecular weight is 733 g/mol. The van der Waals surface area contributed by atoms with Crippen LogP contribution in [0.3, 0.4) is 0 Å². The third-order valence-corrected chi connectivity index (χ3v) is 14.2. The van der Waals surface area contributed by atoms with E-state index in [1.165, 1.54) is 20.3 Å². The third-order valence-electron chi connectivity index (χ3n) is 14.2. The van der Waals surface area contributed by atoms with Crippen molar-refractivity contribution in [2.24, 2.45) is 21.7 Å². The van der Waals surface area contributed by atoms with Crippen LogP contribution in [-0.4, -0.2) is 61.0 Å². The van der Waals surface area contributed by atoms with Gasteiger partial charge in [-0.25, -0.2) is 9.59 Å². The van der Waals surface area contributed by atoms with E-state index in [1.807, 2.05) is 13.8 Å². The summed E-state index contributed by atoms with van der Waals surface area (Å²) < 4.78 is 48.8. The van der Waals surface area contributed by atoms with Crippen LogP contribution < -0.4 is 19.6 Å². The molecule has 2 saturated heterocycles. The largest absolute Gasteiger partial charge is 0.497 e. The first-order chi connectivity index (χ1) is 24.7. The molecule has 4 bridgehead atoms. The molecule has 0 spiro atoms. The van der Waals surface area contributed by atoms with Gasteiger partial charge >= 0.3 is 23.9 Å². The molecule has 0 amide bonds. The van der Waals surface area contributed by atoms with Crippen LogP contribution in [0.15, 0.2) is 33.5 Å². The van der Waals surface area contributed by atoms with Gasteiger partial charge in [0.25, 0.3) is 0 Å². The Hall–Kier alpha value is -4.81. The first-order valence-corrected chi connectivity index (χ1v) is 17.9. The van der Waals surface area contributed by atoms with Gasteiger partial charge in [0.1, 0.15) is 33.8 Å². The van der Waals surface area contributed by atoms with Gasteiger partial charge in [-0.3, -0.25) is 14.4 Å². The van der Waals surface area contributed by atoms with Crippen LogP contribution in [0.4, 0.5) is 0 Å². The zero-order chi connectivity index (χ0) is 38.5. The second-order valence-electron chi connectivity index (χ2n) is 17.2. The van der Waals surface area contributed by atoms with Crippen LogP contribution in [0, 0.1) is 21.7 Å². The minimum atomic E-state index is -1.66. The number of carbonyl (C=O) groups is 4. The highest BCUT2D eigenvalue weighted by atomic mass is 16.7. The number of benzene rings is 2. The number of esters is 4. The van der Waals surface area contributed by atoms with Gasteiger partial charge in [-0.15, -0.1) is 0 Å². The van der Waals surface area contributed by atoms with E-state index in [-0.39, 0.29) is 51.8 Å². The maximum atomic E-state index is 14.7. The van der Waals surface area contributed by atoms with E-state index >= 15 is 0 Å². The summed E-state index contributed by atoms with van der Waals surface area (Å²) in [4.78, 5) is 70.0. The summed E-state index contributed by atoms with van der Waals surface area (Å²) in [5, 5.41) is 0.234. The van der Waals surface area contributed by atoms with Gasteiger partial charge in [0, 0.05) is 16.9 Å². The van der Waals surface area contributed by atoms with Crippen molar-refractivity contribution in [2.45, 2.75) is 110 Å². The maximum absolute atomic E-state index is 14.7. The summed E-state index contributed by atoms with van der Waals surface area (Å²) in [7, 11) is 2.88. The Balaban J connectivity index is 1.33. The topological polar surface area (TPSA) is 163 Å². The molecule has 2 aliphatic carbocycles. The van der Waals surface area contributed by atoms with Gasteiger partial charge in [-0.1, -0.05) is 27.7 Å². The Morgan fingerprint density at radius 1 is 0.717 bits per heavy atom. The average Bonchev–Trinajstić information content (AvgIpc) is 3.56. The summed E-state index contributed by atoms with van der Waals surface area (Å²) in [6, 6.07) is 6.28. The normalized spacial score (nSPS) is 33.9. The van der Waals surface area contributed by atoms with E-state index in [1.54, 1.807) is 59.7 Å². The van der Waals surface area contributed by atoms with Crippen LogP contribution in [-0.2, 0) is 38.1 Å². The Morgan fingerprint density at radius 2 is 1.28 bits per heavy atom. The standard InChI is InChI=1S/C40H44O13/c1-34(2)29(50-33(45)40-16-14-38(8,31(43)53-40)36(40,5)6)28(49-32(44)39-15-13-37(7,30(42)52-39)35(39,3)4)25-23(51-34)18-22(47-10)24-26(41)20-17-19(46-9)11-12-21(20)48-27(24)25/h11-12,17-18,28-29H,13-16H2,1-10H3/t28-,29-,37?,38?,39?,40?/m1/s1. The fraction of sp³-hybridized carbons (Fsp3) is 0.575. The molecule has 282 valence electrons. The summed E-state index contributed by atoms with van der Waals surface area (Å²) >= 11 is 0. The quantitative estimate of drug-likeness (QED) is 0.168. The summed E-state index contributed by atoms with van der Waals surface area (Å²) in [5.74, 6) is -1.95. The van der Waals surface area contributed by atoms with E-state index in [4.69, 9.17) is 37.6 Å². The summed E-state index contributed by atoms with van der Waals surface area (Å²) in [5.41, 5.74) is -8.62. The smallest absolute Gasteiger partial charge is 0.351 e. The number of hydrogen-bond donors (Lipinski definition) is 0. The molecule has 13 nitrogen and oxygen atoms in total. The van der Waals surface area contributed by atoms with Gasteiger partial charge in [-0.2, -0.15) is 0 Å². The SMILES string of the molecule is COc1ccc2oc3c4c(cc(OC)c3c(=O)c2c1)OC(C)(C)[C@H](OC(=O)C12CCC(C)(C(=O)O1)C2(C)C)[C@@H]4OC(=O)C12CCC(C)(C(=O)O1)C2(C)C. The Kier molecular flexibility index (Phi) is 6.94. The number of methoxy groups -OCH3 is 2. The number of hydrogen-bond acceptors (Lipinski definition) is 13. The number of rotatable bonds is 6. The molecule has 3 aliphatic heterocycles. The van der Waals surface area contributed by atoms with E-state index in [0.717, 1.165) is 0 Å². The van der Waals surface area contributed by atoms with Gasteiger partial charge < -0.3 is 37.6 Å². The molecule has 4 unspecified atom stereocenters. The van der Waals surface area contributed by atoms with Crippen LogP contribution in [0.5, 0.6) is 17.2 Å². The van der Waals surface area contributed by atoms with Crippen molar-refractivity contribution >= 4 is 45.8 Å². The highest BCUT2D eigenvalue weighted by Gasteiger charge is 2.78. The van der Waals surface area contributed by atoms with Crippen LogP contribution in [0.2, 0.25) is 0 Å². The molecule has 13 heteroatoms. The second-order valence-corrected chi connectivity index (χ2v) is 17.2. The second kappa shape index (κ2) is 10.4. The maximum Gasteiger partial charge on any atom is 0.351 e. The first-order valence-electron chi connectivity index (χ1n) is 17.9. The molecular formula is C40H44O13. The van der Waals surface area contributed by atoms with E-state index in [2.05, 4.69) is 0 Å².